The van der Waals surface area contributed by atoms with Gasteiger partial charge in [0.25, 0.3) is 0 Å². The van der Waals surface area contributed by atoms with E-state index in [4.69, 9.17) is 9.84 Å². The van der Waals surface area contributed by atoms with Crippen molar-refractivity contribution < 1.29 is 14.6 Å². The number of benzene rings is 2. The number of aromatic amines is 1. The molecule has 0 spiro atoms. The van der Waals surface area contributed by atoms with Crippen molar-refractivity contribution in [3.63, 3.8) is 0 Å². The molecular weight excluding hydrogens is 394 g/mol. The Kier molecular flexibility index (Phi) is 5.37. The molecule has 4 nitrogen and oxygen atoms in total. The fourth-order valence-corrected chi connectivity index (χ4v) is 3.84. The van der Waals surface area contributed by atoms with Crippen LogP contribution in [0.3, 0.4) is 0 Å². The third-order valence-electron chi connectivity index (χ3n) is 4.23. The predicted octanol–water partition coefficient (Wildman–Crippen LogP) is 5.86. The van der Waals surface area contributed by atoms with Crippen molar-refractivity contribution in [1.82, 2.24) is 4.98 Å². The first-order valence-electron chi connectivity index (χ1n) is 8.62. The van der Waals surface area contributed by atoms with E-state index >= 15 is 0 Å². The zero-order valence-corrected chi connectivity index (χ0v) is 16.7. The Morgan fingerprint density at radius 2 is 2.04 bits per heavy atom. The molecule has 136 valence electrons. The second kappa shape index (κ2) is 7.54. The number of carboxylic acids is 1. The molecule has 0 aliphatic heterocycles. The Labute approximate surface area is 161 Å². The summed E-state index contributed by atoms with van der Waals surface area (Å²) in [6.45, 7) is 6.33. The highest BCUT2D eigenvalue weighted by Gasteiger charge is 2.12. The summed E-state index contributed by atoms with van der Waals surface area (Å²) in [6, 6.07) is 9.68. The molecular formula is C21H22BrNO3. The standard InChI is InChI=1S/C21H22BrNO3/c1-12(2)6-15-11-23-19-5-4-16(10-17(15)19)26-21-13(3)7-14(8-18(21)22)9-20(24)25/h4-5,7-8,10-12,23H,6,9H2,1-3H3,(H,24,25). The molecule has 3 aromatic rings. The number of ether oxygens (including phenoxy) is 1. The first kappa shape index (κ1) is 18.5. The van der Waals surface area contributed by atoms with E-state index in [2.05, 4.69) is 47.0 Å². The van der Waals surface area contributed by atoms with Crippen molar-refractivity contribution >= 4 is 32.8 Å². The first-order chi connectivity index (χ1) is 12.3. The second-order valence-electron chi connectivity index (χ2n) is 7.02. The molecule has 5 heteroatoms. The van der Waals surface area contributed by atoms with Gasteiger partial charge in [-0.15, -0.1) is 0 Å². The van der Waals surface area contributed by atoms with Crippen LogP contribution in [0.4, 0.5) is 0 Å². The van der Waals surface area contributed by atoms with E-state index in [-0.39, 0.29) is 6.42 Å². The second-order valence-corrected chi connectivity index (χ2v) is 7.87. The van der Waals surface area contributed by atoms with Crippen molar-refractivity contribution in [3.8, 4) is 11.5 Å². The zero-order chi connectivity index (χ0) is 18.8. The van der Waals surface area contributed by atoms with Crippen LogP contribution in [0.15, 0.2) is 41.0 Å². The molecule has 0 aliphatic rings. The number of halogens is 1. The zero-order valence-electron chi connectivity index (χ0n) is 15.1. The molecule has 2 N–H and O–H groups in total. The highest BCUT2D eigenvalue weighted by atomic mass is 79.9. The molecule has 3 rings (SSSR count). The van der Waals surface area contributed by atoms with Crippen molar-refractivity contribution in [2.24, 2.45) is 5.92 Å². The number of carbonyl (C=O) groups is 1. The van der Waals surface area contributed by atoms with Gasteiger partial charge in [0.2, 0.25) is 0 Å². The lowest BCUT2D eigenvalue weighted by atomic mass is 10.0. The molecule has 1 heterocycles. The summed E-state index contributed by atoms with van der Waals surface area (Å²) in [5, 5.41) is 10.1. The molecule has 0 unspecified atom stereocenters. The van der Waals surface area contributed by atoms with Gasteiger partial charge < -0.3 is 14.8 Å². The quantitative estimate of drug-likeness (QED) is 0.529. The van der Waals surface area contributed by atoms with E-state index in [1.807, 2.05) is 25.1 Å². The molecule has 0 amide bonds. The third-order valence-corrected chi connectivity index (χ3v) is 4.82. The van der Waals surface area contributed by atoms with E-state index in [9.17, 15) is 4.79 Å². The maximum Gasteiger partial charge on any atom is 0.307 e. The Hall–Kier alpha value is -2.27. The van der Waals surface area contributed by atoms with Gasteiger partial charge in [0.05, 0.1) is 10.9 Å². The number of aromatic nitrogens is 1. The first-order valence-corrected chi connectivity index (χ1v) is 9.41. The molecule has 0 bridgehead atoms. The van der Waals surface area contributed by atoms with Gasteiger partial charge >= 0.3 is 5.97 Å². The molecule has 1 aromatic heterocycles. The molecule has 0 saturated heterocycles. The summed E-state index contributed by atoms with van der Waals surface area (Å²) in [5.41, 5.74) is 4.02. The maximum atomic E-state index is 10.9. The molecule has 0 atom stereocenters. The normalized spacial score (nSPS) is 11.3. The van der Waals surface area contributed by atoms with E-state index in [1.54, 1.807) is 6.07 Å². The van der Waals surface area contributed by atoms with Crippen LogP contribution >= 0.6 is 15.9 Å². The van der Waals surface area contributed by atoms with Gasteiger partial charge in [0, 0.05) is 17.1 Å². The smallest absolute Gasteiger partial charge is 0.307 e. The minimum absolute atomic E-state index is 0.00636. The van der Waals surface area contributed by atoms with Crippen LogP contribution in [0, 0.1) is 12.8 Å². The number of rotatable bonds is 6. The summed E-state index contributed by atoms with van der Waals surface area (Å²) in [5.74, 6) is 1.20. The van der Waals surface area contributed by atoms with Crippen LogP contribution in [-0.2, 0) is 17.6 Å². The Morgan fingerprint density at radius 1 is 1.27 bits per heavy atom. The Bertz CT molecular complexity index is 936. The average molecular weight is 416 g/mol. The monoisotopic (exact) mass is 415 g/mol. The summed E-state index contributed by atoms with van der Waals surface area (Å²) in [6.07, 6.45) is 3.07. The van der Waals surface area contributed by atoms with E-state index < -0.39 is 5.97 Å². The SMILES string of the molecule is Cc1cc(CC(=O)O)cc(Br)c1Oc1ccc2[nH]cc(CC(C)C)c2c1. The Morgan fingerprint density at radius 3 is 2.69 bits per heavy atom. The summed E-state index contributed by atoms with van der Waals surface area (Å²) < 4.78 is 6.88. The number of aryl methyl sites for hydroxylation is 1. The molecule has 26 heavy (non-hydrogen) atoms. The lowest BCUT2D eigenvalue weighted by Crippen LogP contribution is -2.01. The summed E-state index contributed by atoms with van der Waals surface area (Å²) in [4.78, 5) is 14.2. The number of carboxylic acid groups (broad SMARTS) is 1. The fourth-order valence-electron chi connectivity index (χ4n) is 3.16. The van der Waals surface area contributed by atoms with Gasteiger partial charge in [-0.2, -0.15) is 0 Å². The summed E-state index contributed by atoms with van der Waals surface area (Å²) >= 11 is 3.51. The van der Waals surface area contributed by atoms with Gasteiger partial charge in [-0.05, 0) is 76.1 Å². The molecule has 2 aromatic carbocycles. The minimum atomic E-state index is -0.847. The number of hydrogen-bond donors (Lipinski definition) is 2. The third kappa shape index (κ3) is 4.10. The van der Waals surface area contributed by atoms with Gasteiger partial charge in [-0.3, -0.25) is 4.79 Å². The Balaban J connectivity index is 1.92. The predicted molar refractivity (Wildman–Crippen MR) is 107 cm³/mol. The topological polar surface area (TPSA) is 62.3 Å². The maximum absolute atomic E-state index is 10.9. The van der Waals surface area contributed by atoms with Gasteiger partial charge in [0.15, 0.2) is 0 Å². The number of fused-ring (bicyclic) bond motifs is 1. The number of hydrogen-bond acceptors (Lipinski definition) is 2. The van der Waals surface area contributed by atoms with Crippen LogP contribution in [0.1, 0.15) is 30.5 Å². The largest absolute Gasteiger partial charge is 0.481 e. The van der Waals surface area contributed by atoms with Gasteiger partial charge in [0.1, 0.15) is 11.5 Å². The highest BCUT2D eigenvalue weighted by Crippen LogP contribution is 2.36. The number of aliphatic carboxylic acids is 1. The van der Waals surface area contributed by atoms with Gasteiger partial charge in [-0.25, -0.2) is 0 Å². The van der Waals surface area contributed by atoms with Crippen molar-refractivity contribution in [2.45, 2.75) is 33.6 Å². The average Bonchev–Trinajstić information content (AvgIpc) is 2.92. The van der Waals surface area contributed by atoms with E-state index in [0.29, 0.717) is 11.7 Å². The number of H-pyrrole nitrogens is 1. The van der Waals surface area contributed by atoms with E-state index in [0.717, 1.165) is 33.3 Å². The lowest BCUT2D eigenvalue weighted by molar-refractivity contribution is -0.136. The van der Waals surface area contributed by atoms with Gasteiger partial charge in [-0.1, -0.05) is 19.9 Å². The molecule has 0 fully saturated rings. The highest BCUT2D eigenvalue weighted by molar-refractivity contribution is 9.10. The van der Waals surface area contributed by atoms with Crippen molar-refractivity contribution in [1.29, 1.82) is 0 Å². The number of nitrogens with one attached hydrogen (secondary N) is 1. The molecule has 0 radical (unpaired) electrons. The van der Waals surface area contributed by atoms with E-state index in [1.165, 1.54) is 10.9 Å². The van der Waals surface area contributed by atoms with Crippen molar-refractivity contribution in [2.75, 3.05) is 0 Å². The fraction of sp³-hybridized carbons (Fsp3) is 0.286. The van der Waals surface area contributed by atoms with Crippen LogP contribution in [0.2, 0.25) is 0 Å². The molecule has 0 aliphatic carbocycles. The lowest BCUT2D eigenvalue weighted by Gasteiger charge is -2.13. The summed E-state index contributed by atoms with van der Waals surface area (Å²) in [7, 11) is 0. The van der Waals surface area contributed by atoms with Crippen LogP contribution in [0.5, 0.6) is 11.5 Å². The van der Waals surface area contributed by atoms with Crippen molar-refractivity contribution in [3.05, 3.63) is 57.7 Å². The van der Waals surface area contributed by atoms with Crippen LogP contribution < -0.4 is 4.74 Å². The minimum Gasteiger partial charge on any atom is -0.481 e. The molecule has 0 saturated carbocycles. The van der Waals surface area contributed by atoms with Crippen LogP contribution in [0.25, 0.3) is 10.9 Å². The van der Waals surface area contributed by atoms with Crippen LogP contribution in [-0.4, -0.2) is 16.1 Å².